The highest BCUT2D eigenvalue weighted by atomic mass is 16.1. The topological polar surface area (TPSA) is 38.5 Å². The molecule has 182 valence electrons. The highest BCUT2D eigenvalue weighted by Gasteiger charge is 2.29. The zero-order valence-electron chi connectivity index (χ0n) is 21.6. The molecule has 1 unspecified atom stereocenters. The summed E-state index contributed by atoms with van der Waals surface area (Å²) in [5.41, 5.74) is 0. The van der Waals surface area contributed by atoms with Crippen molar-refractivity contribution in [2.45, 2.75) is 150 Å². The predicted molar refractivity (Wildman–Crippen MR) is 136 cm³/mol. The van der Waals surface area contributed by atoms with Gasteiger partial charge in [-0.15, -0.1) is 0 Å². The molecule has 1 aliphatic rings. The van der Waals surface area contributed by atoms with Gasteiger partial charge in [-0.3, -0.25) is 9.59 Å². The van der Waals surface area contributed by atoms with Crippen molar-refractivity contribution in [3.63, 3.8) is 0 Å². The molecule has 1 N–H and O–H groups in total. The van der Waals surface area contributed by atoms with Crippen LogP contribution < -0.4 is 0 Å². The first kappa shape index (κ1) is 28.4. The molecular formula is C29H55O2+. The summed E-state index contributed by atoms with van der Waals surface area (Å²) in [7, 11) is 0. The largest absolute Gasteiger partial charge is 0.299 e. The number of rotatable bonds is 19. The first-order valence-corrected chi connectivity index (χ1v) is 14.0. The quantitative estimate of drug-likeness (QED) is 0.147. The maximum Gasteiger partial charge on any atom is 0.293 e. The van der Waals surface area contributed by atoms with Crippen LogP contribution in [-0.4, -0.2) is 16.4 Å². The van der Waals surface area contributed by atoms with Gasteiger partial charge in [-0.1, -0.05) is 85.5 Å². The normalized spacial score (nSPS) is 20.2. The van der Waals surface area contributed by atoms with Crippen LogP contribution in [0.3, 0.4) is 0 Å². The maximum absolute atomic E-state index is 12.6. The van der Waals surface area contributed by atoms with Gasteiger partial charge in [0.05, 0.1) is 12.8 Å². The Kier molecular flexibility index (Phi) is 16.3. The number of hydrogen-bond donors (Lipinski definition) is 0. The van der Waals surface area contributed by atoms with Crippen molar-refractivity contribution in [2.24, 2.45) is 23.7 Å². The fraction of sp³-hybridized carbons (Fsp3) is 0.931. The van der Waals surface area contributed by atoms with Crippen LogP contribution in [0, 0.1) is 23.7 Å². The number of Topliss-reactive ketones (excluding diaryl/α,β-unsaturated/α-hetero) is 1. The van der Waals surface area contributed by atoms with E-state index in [-0.39, 0.29) is 5.92 Å². The summed E-state index contributed by atoms with van der Waals surface area (Å²) >= 11 is 0. The van der Waals surface area contributed by atoms with E-state index in [0.717, 1.165) is 56.1 Å². The molecule has 1 aliphatic carbocycles. The molecule has 0 spiro atoms. The molecule has 0 radical (unpaired) electrons. The Bertz CT molecular complexity index is 459. The van der Waals surface area contributed by atoms with Crippen LogP contribution in [-0.2, 0) is 4.79 Å². The van der Waals surface area contributed by atoms with E-state index >= 15 is 0 Å². The molecule has 2 heteroatoms. The summed E-state index contributed by atoms with van der Waals surface area (Å²) in [4.78, 5) is 22.5. The molecular weight excluding hydrogens is 380 g/mol. The molecule has 1 rings (SSSR count). The summed E-state index contributed by atoms with van der Waals surface area (Å²) in [6, 6.07) is 0. The van der Waals surface area contributed by atoms with Gasteiger partial charge < -0.3 is 0 Å². The van der Waals surface area contributed by atoms with Gasteiger partial charge in [0.2, 0.25) is 0 Å². The van der Waals surface area contributed by atoms with Gasteiger partial charge >= 0.3 is 0 Å². The zero-order chi connectivity index (χ0) is 22.9. The lowest BCUT2D eigenvalue weighted by Crippen LogP contribution is -2.27. The van der Waals surface area contributed by atoms with Crippen LogP contribution in [0.2, 0.25) is 0 Å². The van der Waals surface area contributed by atoms with Crippen LogP contribution in [0.4, 0.5) is 0 Å². The van der Waals surface area contributed by atoms with Gasteiger partial charge in [0.15, 0.2) is 0 Å². The van der Waals surface area contributed by atoms with E-state index in [0.29, 0.717) is 11.7 Å². The van der Waals surface area contributed by atoms with Gasteiger partial charge in [-0.25, -0.2) is 0 Å². The minimum Gasteiger partial charge on any atom is -0.299 e. The van der Waals surface area contributed by atoms with E-state index in [1.165, 1.54) is 83.5 Å². The summed E-state index contributed by atoms with van der Waals surface area (Å²) < 4.78 is 0. The summed E-state index contributed by atoms with van der Waals surface area (Å²) in [5, 5.41) is 0. The number of carbonyl (C=O) groups is 1. The Balaban J connectivity index is 1.92. The van der Waals surface area contributed by atoms with Crippen LogP contribution in [0.1, 0.15) is 150 Å². The first-order valence-electron chi connectivity index (χ1n) is 14.0. The Morgan fingerprint density at radius 2 is 1.10 bits per heavy atom. The van der Waals surface area contributed by atoms with Crippen LogP contribution in [0.5, 0.6) is 0 Å². The number of unbranched alkanes of at least 4 members (excludes halogenated alkanes) is 10. The van der Waals surface area contributed by atoms with Crippen molar-refractivity contribution < 1.29 is 9.59 Å². The number of hydrogen-bond acceptors (Lipinski definition) is 1. The Hall–Kier alpha value is -0.660. The fourth-order valence-electron chi connectivity index (χ4n) is 5.37. The summed E-state index contributed by atoms with van der Waals surface area (Å²) in [6.45, 7) is 9.12. The molecule has 0 aromatic rings. The smallest absolute Gasteiger partial charge is 0.293 e. The molecule has 2 nitrogen and oxygen atoms in total. The van der Waals surface area contributed by atoms with Crippen LogP contribution in [0.25, 0.3) is 0 Å². The minimum atomic E-state index is 0.285. The van der Waals surface area contributed by atoms with E-state index in [9.17, 15) is 9.59 Å². The minimum absolute atomic E-state index is 0.285. The second-order valence-electron chi connectivity index (χ2n) is 10.9. The van der Waals surface area contributed by atoms with Crippen LogP contribution in [0.15, 0.2) is 0 Å². The zero-order valence-corrected chi connectivity index (χ0v) is 21.6. The van der Waals surface area contributed by atoms with Gasteiger partial charge in [0, 0.05) is 12.3 Å². The second-order valence-corrected chi connectivity index (χ2v) is 10.9. The third-order valence-corrected chi connectivity index (χ3v) is 7.93. The molecule has 0 aromatic carbocycles. The highest BCUT2D eigenvalue weighted by Crippen LogP contribution is 2.37. The van der Waals surface area contributed by atoms with Gasteiger partial charge in [-0.2, -0.15) is 0 Å². The third kappa shape index (κ3) is 13.5. The lowest BCUT2D eigenvalue weighted by molar-refractivity contribution is -0.124. The van der Waals surface area contributed by atoms with Crippen molar-refractivity contribution in [3.8, 4) is 0 Å². The van der Waals surface area contributed by atoms with E-state index < -0.39 is 0 Å². The fourth-order valence-corrected chi connectivity index (χ4v) is 5.37. The third-order valence-electron chi connectivity index (χ3n) is 7.93. The van der Waals surface area contributed by atoms with Crippen molar-refractivity contribution in [1.29, 1.82) is 0 Å². The second kappa shape index (κ2) is 17.8. The molecule has 0 heterocycles. The van der Waals surface area contributed by atoms with Crippen molar-refractivity contribution in [3.05, 3.63) is 0 Å². The van der Waals surface area contributed by atoms with Gasteiger partial charge in [0.1, 0.15) is 5.78 Å². The van der Waals surface area contributed by atoms with E-state index in [1.54, 1.807) is 0 Å². The number of carbonyl (C=O) groups excluding carboxylic acids is 2. The Labute approximate surface area is 194 Å². The Morgan fingerprint density at radius 3 is 1.58 bits per heavy atom. The standard InChI is InChI=1S/C29H54O2/c1-5-6-7-14-17-28(30)18-15-12-10-8-9-11-13-16-19-29(31)25(4)27-22-20-26(21-23-27)24(2)3/h24-27H,5-23H2,1-4H3/p+1. The number of ketones is 2. The average Bonchev–Trinajstić information content (AvgIpc) is 2.77. The van der Waals surface area contributed by atoms with Gasteiger partial charge in [-0.05, 0) is 62.7 Å². The summed E-state index contributed by atoms with van der Waals surface area (Å²) in [6.07, 6.45) is 22.6. The Morgan fingerprint density at radius 1 is 0.677 bits per heavy atom. The highest BCUT2D eigenvalue weighted by molar-refractivity contribution is 5.81. The molecule has 0 aliphatic heterocycles. The van der Waals surface area contributed by atoms with E-state index in [2.05, 4.69) is 27.7 Å². The maximum atomic E-state index is 12.6. The lowest BCUT2D eigenvalue weighted by atomic mass is 9.72. The molecule has 1 atom stereocenters. The van der Waals surface area contributed by atoms with Crippen molar-refractivity contribution in [1.82, 2.24) is 0 Å². The molecule has 0 aromatic heterocycles. The monoisotopic (exact) mass is 435 g/mol. The summed E-state index contributed by atoms with van der Waals surface area (Å²) in [5.74, 6) is 3.88. The van der Waals surface area contributed by atoms with E-state index in [1.807, 2.05) is 0 Å². The predicted octanol–water partition coefficient (Wildman–Crippen LogP) is 9.07. The molecule has 31 heavy (non-hydrogen) atoms. The molecule has 0 amide bonds. The van der Waals surface area contributed by atoms with Gasteiger partial charge in [0.25, 0.3) is 5.78 Å². The lowest BCUT2D eigenvalue weighted by Gasteiger charge is -2.33. The SMILES string of the molecule is CCCCCCC(=[OH+])CCCCCCCCCCC(=O)C(C)C1CCC(C(C)C)CC1. The van der Waals surface area contributed by atoms with E-state index in [4.69, 9.17) is 0 Å². The molecule has 1 fully saturated rings. The van der Waals surface area contributed by atoms with Crippen molar-refractivity contribution >= 4 is 11.6 Å². The van der Waals surface area contributed by atoms with Crippen molar-refractivity contribution in [2.75, 3.05) is 0 Å². The average molecular weight is 436 g/mol. The molecule has 1 saturated carbocycles. The first-order chi connectivity index (χ1) is 15.0. The van der Waals surface area contributed by atoms with Crippen LogP contribution >= 0.6 is 0 Å². The molecule has 0 bridgehead atoms. The molecule has 0 saturated heterocycles.